The van der Waals surface area contributed by atoms with Crippen LogP contribution in [0.15, 0.2) is 53.3 Å². The number of fused-ring (bicyclic) bond motifs is 2. The zero-order valence-corrected chi connectivity index (χ0v) is 14.9. The van der Waals surface area contributed by atoms with Crippen molar-refractivity contribution in [2.24, 2.45) is 0 Å². The smallest absolute Gasteiger partial charge is 0.288 e. The lowest BCUT2D eigenvalue weighted by Gasteiger charge is -2.27. The van der Waals surface area contributed by atoms with Gasteiger partial charge in [-0.05, 0) is 40.3 Å². The van der Waals surface area contributed by atoms with Gasteiger partial charge in [0.2, 0.25) is 5.95 Å². The van der Waals surface area contributed by atoms with E-state index in [0.717, 1.165) is 5.56 Å². The van der Waals surface area contributed by atoms with E-state index >= 15 is 0 Å². The first kappa shape index (κ1) is 16.6. The number of hydrogen-bond donors (Lipinski definition) is 2. The third kappa shape index (κ3) is 2.55. The summed E-state index contributed by atoms with van der Waals surface area (Å²) in [5.74, 6) is -0.126. The van der Waals surface area contributed by atoms with E-state index in [9.17, 15) is 9.18 Å². The number of hydrogen-bond acceptors (Lipinski definition) is 6. The fourth-order valence-corrected chi connectivity index (χ4v) is 3.48. The molecule has 0 saturated carbocycles. The van der Waals surface area contributed by atoms with Crippen molar-refractivity contribution >= 4 is 23.2 Å². The molecule has 0 bridgehead atoms. The Morgan fingerprint density at radius 3 is 2.75 bits per heavy atom. The molecule has 5 rings (SSSR count). The molecule has 0 aliphatic carbocycles. The Labute approximate surface area is 162 Å². The van der Waals surface area contributed by atoms with Gasteiger partial charge in [0.1, 0.15) is 17.5 Å². The average Bonchev–Trinajstić information content (AvgIpc) is 3.16. The summed E-state index contributed by atoms with van der Waals surface area (Å²) in [4.78, 5) is 12.5. The molecular formula is C18H11ClFN7O. The van der Waals surface area contributed by atoms with Crippen LogP contribution in [0.5, 0.6) is 0 Å². The van der Waals surface area contributed by atoms with Crippen LogP contribution in [0.2, 0.25) is 5.02 Å². The minimum absolute atomic E-state index is 0.261. The molecule has 2 N–H and O–H groups in total. The topological polar surface area (TPSA) is 101 Å². The normalized spacial score (nSPS) is 14.9. The van der Waals surface area contributed by atoms with Gasteiger partial charge in [-0.25, -0.2) is 9.49 Å². The molecule has 0 spiro atoms. The Hall–Kier alpha value is -3.59. The number of anilines is 2. The zero-order chi connectivity index (χ0) is 19.3. The second kappa shape index (κ2) is 6.24. The predicted octanol–water partition coefficient (Wildman–Crippen LogP) is 2.91. The number of H-pyrrole nitrogens is 1. The predicted molar refractivity (Wildman–Crippen MR) is 100 cm³/mol. The van der Waals surface area contributed by atoms with E-state index in [2.05, 4.69) is 31.0 Å². The maximum Gasteiger partial charge on any atom is 0.288 e. The van der Waals surface area contributed by atoms with Crippen molar-refractivity contribution < 1.29 is 4.39 Å². The van der Waals surface area contributed by atoms with E-state index in [4.69, 9.17) is 11.6 Å². The molecule has 0 amide bonds. The number of benzene rings is 2. The van der Waals surface area contributed by atoms with Gasteiger partial charge in [0.15, 0.2) is 0 Å². The first-order valence-corrected chi connectivity index (χ1v) is 8.68. The van der Waals surface area contributed by atoms with Crippen LogP contribution < -0.4 is 10.9 Å². The molecule has 2 aromatic heterocycles. The molecule has 28 heavy (non-hydrogen) atoms. The maximum atomic E-state index is 14.0. The third-order valence-corrected chi connectivity index (χ3v) is 4.80. The first-order valence-electron chi connectivity index (χ1n) is 8.30. The average molecular weight is 396 g/mol. The Balaban J connectivity index is 1.82. The second-order valence-corrected chi connectivity index (χ2v) is 6.66. The van der Waals surface area contributed by atoms with Crippen LogP contribution in [-0.4, -0.2) is 30.4 Å². The van der Waals surface area contributed by atoms with Crippen molar-refractivity contribution in [1.29, 1.82) is 0 Å². The van der Waals surface area contributed by atoms with Gasteiger partial charge in [-0.2, -0.15) is 9.78 Å². The summed E-state index contributed by atoms with van der Waals surface area (Å²) in [6, 6.07) is 12.5. The number of aromatic nitrogens is 6. The highest BCUT2D eigenvalue weighted by Gasteiger charge is 2.34. The summed E-state index contributed by atoms with van der Waals surface area (Å²) in [5, 5.41) is 21.9. The highest BCUT2D eigenvalue weighted by atomic mass is 35.5. The number of halogens is 2. The van der Waals surface area contributed by atoms with E-state index in [-0.39, 0.29) is 11.6 Å². The summed E-state index contributed by atoms with van der Waals surface area (Å²) in [6.07, 6.45) is 0. The molecular weight excluding hydrogens is 385 g/mol. The fraction of sp³-hybridized carbons (Fsp3) is 0.0556. The third-order valence-electron chi connectivity index (χ3n) is 4.55. The second-order valence-electron chi connectivity index (χ2n) is 6.23. The monoisotopic (exact) mass is 395 g/mol. The Kier molecular flexibility index (Phi) is 3.69. The zero-order valence-electron chi connectivity index (χ0n) is 14.1. The molecule has 138 valence electrons. The Morgan fingerprint density at radius 2 is 1.96 bits per heavy atom. The van der Waals surface area contributed by atoms with Crippen LogP contribution >= 0.6 is 11.6 Å². The number of rotatable bonds is 2. The van der Waals surface area contributed by atoms with Crippen LogP contribution in [0.1, 0.15) is 17.2 Å². The van der Waals surface area contributed by atoms with Crippen LogP contribution in [0.3, 0.4) is 0 Å². The van der Waals surface area contributed by atoms with Gasteiger partial charge in [-0.1, -0.05) is 41.0 Å². The van der Waals surface area contributed by atoms with E-state index in [0.29, 0.717) is 21.8 Å². The molecule has 1 atom stereocenters. The molecule has 0 fully saturated rings. The van der Waals surface area contributed by atoms with Gasteiger partial charge in [-0.15, -0.1) is 0 Å². The molecule has 3 heterocycles. The van der Waals surface area contributed by atoms with E-state index in [1.54, 1.807) is 36.4 Å². The van der Waals surface area contributed by atoms with Gasteiger partial charge in [0.25, 0.3) is 5.56 Å². The lowest BCUT2D eigenvalue weighted by atomic mass is 9.92. The van der Waals surface area contributed by atoms with Crippen LogP contribution in [-0.2, 0) is 0 Å². The van der Waals surface area contributed by atoms with Crippen molar-refractivity contribution in [3.05, 3.63) is 80.9 Å². The Morgan fingerprint density at radius 1 is 1.14 bits per heavy atom. The summed E-state index contributed by atoms with van der Waals surface area (Å²) in [6.45, 7) is 0. The van der Waals surface area contributed by atoms with Gasteiger partial charge in [-0.3, -0.25) is 4.79 Å². The summed E-state index contributed by atoms with van der Waals surface area (Å²) < 4.78 is 15.5. The maximum absolute atomic E-state index is 14.0. The minimum Gasteiger partial charge on any atom is -0.318 e. The van der Waals surface area contributed by atoms with Crippen LogP contribution in [0.25, 0.3) is 11.3 Å². The van der Waals surface area contributed by atoms with Crippen molar-refractivity contribution in [2.75, 3.05) is 5.32 Å². The first-order chi connectivity index (χ1) is 13.6. The molecule has 1 aliphatic heterocycles. The van der Waals surface area contributed by atoms with Gasteiger partial charge < -0.3 is 5.32 Å². The summed E-state index contributed by atoms with van der Waals surface area (Å²) in [7, 11) is 0. The molecule has 2 aromatic carbocycles. The van der Waals surface area contributed by atoms with Crippen molar-refractivity contribution in [1.82, 2.24) is 30.4 Å². The van der Waals surface area contributed by atoms with Crippen LogP contribution in [0, 0.1) is 5.82 Å². The van der Waals surface area contributed by atoms with E-state index < -0.39 is 17.4 Å². The molecule has 1 aliphatic rings. The van der Waals surface area contributed by atoms with Crippen molar-refractivity contribution in [3.63, 3.8) is 0 Å². The van der Waals surface area contributed by atoms with E-state index in [1.807, 2.05) is 0 Å². The minimum atomic E-state index is -0.641. The van der Waals surface area contributed by atoms with E-state index in [1.165, 1.54) is 16.8 Å². The highest BCUT2D eigenvalue weighted by Crippen LogP contribution is 2.41. The van der Waals surface area contributed by atoms with Crippen molar-refractivity contribution in [3.8, 4) is 11.3 Å². The van der Waals surface area contributed by atoms with Gasteiger partial charge in [0.05, 0.1) is 5.69 Å². The number of tetrazole rings is 1. The number of aromatic amines is 1. The van der Waals surface area contributed by atoms with Gasteiger partial charge >= 0.3 is 0 Å². The van der Waals surface area contributed by atoms with Crippen molar-refractivity contribution in [2.45, 2.75) is 6.04 Å². The molecule has 4 aromatic rings. The standard InChI is InChI=1S/C18H11ClFN7O/c19-11-6-4-9(5-7-11)14-13-15(17(28)23-22-14)21-18-24-25-26-27(18)16(13)10-2-1-3-12(20)8-10/h1-8,16H,(H,23,28)(H,21,24,26). The largest absolute Gasteiger partial charge is 0.318 e. The highest BCUT2D eigenvalue weighted by molar-refractivity contribution is 6.30. The summed E-state index contributed by atoms with van der Waals surface area (Å²) in [5.41, 5.74) is 2.20. The fourth-order valence-electron chi connectivity index (χ4n) is 3.35. The lowest BCUT2D eigenvalue weighted by molar-refractivity contribution is 0.560. The molecule has 0 radical (unpaired) electrons. The molecule has 8 nitrogen and oxygen atoms in total. The lowest BCUT2D eigenvalue weighted by Crippen LogP contribution is -2.29. The Bertz CT molecular complexity index is 1250. The van der Waals surface area contributed by atoms with Crippen LogP contribution in [0.4, 0.5) is 16.0 Å². The quantitative estimate of drug-likeness (QED) is 0.476. The molecule has 1 unspecified atom stereocenters. The van der Waals surface area contributed by atoms with Gasteiger partial charge in [0, 0.05) is 16.1 Å². The number of nitrogens with zero attached hydrogens (tertiary/aromatic N) is 5. The summed E-state index contributed by atoms with van der Waals surface area (Å²) >= 11 is 6.00. The molecule has 10 heteroatoms. The molecule has 0 saturated heterocycles. The number of nitrogens with one attached hydrogen (secondary N) is 2. The SMILES string of the molecule is O=c1[nH]nc(-c2ccc(Cl)cc2)c2c1Nc1nnnn1C2c1cccc(F)c1.